The van der Waals surface area contributed by atoms with E-state index in [1.807, 2.05) is 29.2 Å². The van der Waals surface area contributed by atoms with E-state index in [0.29, 0.717) is 37.4 Å². The van der Waals surface area contributed by atoms with Crippen LogP contribution in [0.25, 0.3) is 0 Å². The summed E-state index contributed by atoms with van der Waals surface area (Å²) >= 11 is 1.68. The summed E-state index contributed by atoms with van der Waals surface area (Å²) in [6.45, 7) is 3.35. The van der Waals surface area contributed by atoms with Crippen molar-refractivity contribution in [2.75, 3.05) is 25.5 Å². The molecule has 0 aliphatic carbocycles. The van der Waals surface area contributed by atoms with Gasteiger partial charge in [0, 0.05) is 23.9 Å². The van der Waals surface area contributed by atoms with Crippen molar-refractivity contribution in [3.05, 3.63) is 53.6 Å². The average Bonchev–Trinajstić information content (AvgIpc) is 3.17. The van der Waals surface area contributed by atoms with Crippen LogP contribution in [0, 0.1) is 12.8 Å². The van der Waals surface area contributed by atoms with Crippen LogP contribution >= 0.6 is 11.8 Å². The molecule has 4 rings (SSSR count). The fourth-order valence-electron chi connectivity index (χ4n) is 4.02. The van der Waals surface area contributed by atoms with E-state index in [0.717, 1.165) is 6.42 Å². The number of hydrogen-bond acceptors (Lipinski definition) is 4. The minimum absolute atomic E-state index is 0.000259. The van der Waals surface area contributed by atoms with E-state index in [-0.39, 0.29) is 23.0 Å². The molecule has 1 N–H and O–H groups in total. The number of anilines is 1. The molecule has 1 atom stereocenters. The fraction of sp³-hybridized carbons (Fsp3) is 0.391. The highest BCUT2D eigenvalue weighted by Gasteiger charge is 2.34. The van der Waals surface area contributed by atoms with E-state index in [1.165, 1.54) is 16.0 Å². The quantitative estimate of drug-likeness (QED) is 0.831. The molecule has 2 heterocycles. The van der Waals surface area contributed by atoms with E-state index in [2.05, 4.69) is 30.4 Å². The lowest BCUT2D eigenvalue weighted by atomic mass is 9.95. The number of nitrogens with one attached hydrogen (secondary N) is 1. The summed E-state index contributed by atoms with van der Waals surface area (Å²) in [6, 6.07) is 13.8. The molecule has 2 aromatic rings. The molecule has 152 valence electrons. The van der Waals surface area contributed by atoms with Gasteiger partial charge in [-0.3, -0.25) is 9.59 Å². The van der Waals surface area contributed by atoms with Gasteiger partial charge in [0.1, 0.15) is 5.75 Å². The summed E-state index contributed by atoms with van der Waals surface area (Å²) in [5.74, 6) is 0.772. The third-order valence-electron chi connectivity index (χ3n) is 5.71. The molecule has 2 aromatic carbocycles. The number of amides is 2. The number of thioether (sulfide) groups is 1. The SMILES string of the molecule is COc1ccccc1NC(=O)C1CCN(C(=O)[C@@H]2Cc3ccc(C)cc3S2)CC1. The van der Waals surface area contributed by atoms with Gasteiger partial charge in [0.05, 0.1) is 18.0 Å². The number of nitrogens with zero attached hydrogens (tertiary/aromatic N) is 1. The topological polar surface area (TPSA) is 58.6 Å². The molecule has 6 heteroatoms. The molecule has 1 saturated heterocycles. The van der Waals surface area contributed by atoms with Crippen molar-refractivity contribution >= 4 is 29.3 Å². The van der Waals surface area contributed by atoms with Crippen LogP contribution in [0.5, 0.6) is 5.75 Å². The van der Waals surface area contributed by atoms with Crippen LogP contribution < -0.4 is 10.1 Å². The zero-order valence-corrected chi connectivity index (χ0v) is 17.6. The molecule has 0 saturated carbocycles. The van der Waals surface area contributed by atoms with Crippen molar-refractivity contribution in [1.29, 1.82) is 0 Å². The van der Waals surface area contributed by atoms with Gasteiger partial charge in [0.15, 0.2) is 0 Å². The molecule has 2 aliphatic heterocycles. The third-order valence-corrected chi connectivity index (χ3v) is 7.00. The van der Waals surface area contributed by atoms with Gasteiger partial charge < -0.3 is 15.0 Å². The minimum Gasteiger partial charge on any atom is -0.495 e. The number of ether oxygens (including phenoxy) is 1. The van der Waals surface area contributed by atoms with Crippen molar-refractivity contribution in [1.82, 2.24) is 4.90 Å². The number of para-hydroxylation sites is 2. The largest absolute Gasteiger partial charge is 0.495 e. The van der Waals surface area contributed by atoms with Crippen LogP contribution in [0.1, 0.15) is 24.0 Å². The van der Waals surface area contributed by atoms with Crippen molar-refractivity contribution < 1.29 is 14.3 Å². The van der Waals surface area contributed by atoms with Gasteiger partial charge in [0.2, 0.25) is 11.8 Å². The number of rotatable bonds is 4. The third kappa shape index (κ3) is 4.27. The molecule has 0 aromatic heterocycles. The Morgan fingerprint density at radius 2 is 1.90 bits per heavy atom. The second kappa shape index (κ2) is 8.49. The van der Waals surface area contributed by atoms with Crippen molar-refractivity contribution in [3.63, 3.8) is 0 Å². The van der Waals surface area contributed by atoms with E-state index in [1.54, 1.807) is 18.9 Å². The summed E-state index contributed by atoms with van der Waals surface area (Å²) in [5, 5.41) is 2.94. The Morgan fingerprint density at radius 3 is 2.66 bits per heavy atom. The zero-order chi connectivity index (χ0) is 20.4. The Bertz CT molecular complexity index is 922. The highest BCUT2D eigenvalue weighted by atomic mass is 32.2. The first-order valence-corrected chi connectivity index (χ1v) is 10.9. The van der Waals surface area contributed by atoms with Crippen LogP contribution in [0.2, 0.25) is 0 Å². The first-order valence-electron chi connectivity index (χ1n) is 10.0. The Labute approximate surface area is 175 Å². The predicted molar refractivity (Wildman–Crippen MR) is 115 cm³/mol. The van der Waals surface area contributed by atoms with E-state index >= 15 is 0 Å². The number of carbonyl (C=O) groups is 2. The normalized spacial score (nSPS) is 19.0. The van der Waals surface area contributed by atoms with Gasteiger partial charge in [-0.15, -0.1) is 11.8 Å². The molecule has 0 radical (unpaired) electrons. The molecular formula is C23H26N2O3S. The molecule has 2 aliphatic rings. The number of likely N-dealkylation sites (tertiary alicyclic amines) is 1. The summed E-state index contributed by atoms with van der Waals surface area (Å²) in [5.41, 5.74) is 3.19. The number of carbonyl (C=O) groups excluding carboxylic acids is 2. The standard InChI is InChI=1S/C23H26N2O3S/c1-15-7-8-17-14-21(29-20(17)13-15)23(27)25-11-9-16(10-12-25)22(26)24-18-5-3-4-6-19(18)28-2/h3-8,13,16,21H,9-12,14H2,1-2H3,(H,24,26)/t21-/m0/s1. The van der Waals surface area contributed by atoms with Gasteiger partial charge in [-0.1, -0.05) is 29.8 Å². The summed E-state index contributed by atoms with van der Waals surface area (Å²) < 4.78 is 5.30. The van der Waals surface area contributed by atoms with Crippen LogP contribution in [-0.4, -0.2) is 42.2 Å². The second-order valence-corrected chi connectivity index (χ2v) is 8.96. The van der Waals surface area contributed by atoms with E-state index < -0.39 is 0 Å². The van der Waals surface area contributed by atoms with E-state index in [4.69, 9.17) is 4.74 Å². The van der Waals surface area contributed by atoms with Gasteiger partial charge in [-0.2, -0.15) is 0 Å². The first-order chi connectivity index (χ1) is 14.0. The molecule has 1 fully saturated rings. The maximum atomic E-state index is 13.0. The first kappa shape index (κ1) is 19.8. The lowest BCUT2D eigenvalue weighted by Crippen LogP contribution is -2.44. The minimum atomic E-state index is -0.0833. The van der Waals surface area contributed by atoms with Gasteiger partial charge in [0.25, 0.3) is 0 Å². The zero-order valence-electron chi connectivity index (χ0n) is 16.8. The molecule has 29 heavy (non-hydrogen) atoms. The molecule has 5 nitrogen and oxygen atoms in total. The van der Waals surface area contributed by atoms with Crippen molar-refractivity contribution in [2.24, 2.45) is 5.92 Å². The lowest BCUT2D eigenvalue weighted by molar-refractivity contribution is -0.133. The Morgan fingerprint density at radius 1 is 1.14 bits per heavy atom. The summed E-state index contributed by atoms with van der Waals surface area (Å²) in [6.07, 6.45) is 2.18. The second-order valence-electron chi connectivity index (χ2n) is 7.71. The van der Waals surface area contributed by atoms with Gasteiger partial charge in [-0.05, 0) is 49.9 Å². The predicted octanol–water partition coefficient (Wildman–Crippen LogP) is 3.90. The number of hydrogen-bond donors (Lipinski definition) is 1. The fourth-order valence-corrected chi connectivity index (χ4v) is 5.40. The van der Waals surface area contributed by atoms with Crippen LogP contribution in [0.15, 0.2) is 47.4 Å². The maximum absolute atomic E-state index is 13.0. The lowest BCUT2D eigenvalue weighted by Gasteiger charge is -2.32. The number of benzene rings is 2. The monoisotopic (exact) mass is 410 g/mol. The van der Waals surface area contributed by atoms with Crippen LogP contribution in [0.3, 0.4) is 0 Å². The number of fused-ring (bicyclic) bond motifs is 1. The summed E-state index contributed by atoms with van der Waals surface area (Å²) in [4.78, 5) is 28.8. The Kier molecular flexibility index (Phi) is 5.81. The van der Waals surface area contributed by atoms with Gasteiger partial charge >= 0.3 is 0 Å². The highest BCUT2D eigenvalue weighted by molar-refractivity contribution is 8.01. The highest BCUT2D eigenvalue weighted by Crippen LogP contribution is 2.39. The molecule has 2 amide bonds. The number of piperidine rings is 1. The van der Waals surface area contributed by atoms with Gasteiger partial charge in [-0.25, -0.2) is 0 Å². The van der Waals surface area contributed by atoms with Crippen molar-refractivity contribution in [3.8, 4) is 5.75 Å². The van der Waals surface area contributed by atoms with Crippen molar-refractivity contribution in [2.45, 2.75) is 36.3 Å². The van der Waals surface area contributed by atoms with Crippen LogP contribution in [0.4, 0.5) is 5.69 Å². The van der Waals surface area contributed by atoms with E-state index in [9.17, 15) is 9.59 Å². The number of methoxy groups -OCH3 is 1. The smallest absolute Gasteiger partial charge is 0.236 e. The van der Waals surface area contributed by atoms with Crippen LogP contribution in [-0.2, 0) is 16.0 Å². The average molecular weight is 411 g/mol. The number of aryl methyl sites for hydroxylation is 1. The summed E-state index contributed by atoms with van der Waals surface area (Å²) in [7, 11) is 1.59. The molecule has 0 unspecified atom stereocenters. The molecule has 0 bridgehead atoms. The maximum Gasteiger partial charge on any atom is 0.236 e. The molecular weight excluding hydrogens is 384 g/mol. The molecule has 0 spiro atoms. The Balaban J connectivity index is 1.31. The Hall–Kier alpha value is -2.47.